The summed E-state index contributed by atoms with van der Waals surface area (Å²) >= 11 is 3.31. The van der Waals surface area contributed by atoms with Gasteiger partial charge in [-0.2, -0.15) is 0 Å². The van der Waals surface area contributed by atoms with E-state index in [1.807, 2.05) is 12.1 Å². The molecular formula is C11H16BrNO2. The predicted octanol–water partition coefficient (Wildman–Crippen LogP) is 2.51. The Morgan fingerprint density at radius 3 is 3.13 bits per heavy atom. The van der Waals surface area contributed by atoms with Crippen LogP contribution in [0.2, 0.25) is 0 Å². The summed E-state index contributed by atoms with van der Waals surface area (Å²) in [5.41, 5.74) is 0. The minimum Gasteiger partial charge on any atom is -0.453 e. The molecule has 0 N–H and O–H groups in total. The molecule has 0 aromatic carbocycles. The van der Waals surface area contributed by atoms with Gasteiger partial charge in [0.05, 0.1) is 19.8 Å². The maximum Gasteiger partial charge on any atom is 0.169 e. The Morgan fingerprint density at radius 2 is 2.40 bits per heavy atom. The molecule has 0 bridgehead atoms. The van der Waals surface area contributed by atoms with Gasteiger partial charge < -0.3 is 9.15 Å². The normalized spacial score (nSPS) is 24.0. The molecule has 1 aromatic rings. The van der Waals surface area contributed by atoms with Crippen LogP contribution in [0.5, 0.6) is 0 Å². The first-order valence-corrected chi connectivity index (χ1v) is 6.07. The van der Waals surface area contributed by atoms with Crippen LogP contribution in [0.15, 0.2) is 21.2 Å². The Bertz CT molecular complexity index is 313. The van der Waals surface area contributed by atoms with Crippen molar-refractivity contribution in [2.24, 2.45) is 5.92 Å². The number of ether oxygens (including phenoxy) is 1. The van der Waals surface area contributed by atoms with Gasteiger partial charge in [-0.05, 0) is 34.0 Å². The molecule has 1 aromatic heterocycles. The Morgan fingerprint density at radius 1 is 1.53 bits per heavy atom. The van der Waals surface area contributed by atoms with E-state index in [1.54, 1.807) is 0 Å². The van der Waals surface area contributed by atoms with E-state index in [0.717, 1.165) is 43.3 Å². The second-order valence-corrected chi connectivity index (χ2v) is 4.90. The smallest absolute Gasteiger partial charge is 0.169 e. The first kappa shape index (κ1) is 11.2. The molecule has 0 amide bonds. The van der Waals surface area contributed by atoms with Crippen LogP contribution >= 0.6 is 15.9 Å². The fourth-order valence-electron chi connectivity index (χ4n) is 1.86. The molecule has 1 aliphatic rings. The van der Waals surface area contributed by atoms with Crippen LogP contribution in [0.25, 0.3) is 0 Å². The highest BCUT2D eigenvalue weighted by Gasteiger charge is 2.16. The predicted molar refractivity (Wildman–Crippen MR) is 61.7 cm³/mol. The summed E-state index contributed by atoms with van der Waals surface area (Å²) in [6, 6.07) is 3.95. The van der Waals surface area contributed by atoms with Crippen molar-refractivity contribution in [2.45, 2.75) is 13.5 Å². The third-order valence-corrected chi connectivity index (χ3v) is 2.96. The van der Waals surface area contributed by atoms with Crippen molar-refractivity contribution in [2.75, 3.05) is 26.3 Å². The molecule has 1 atom stereocenters. The van der Waals surface area contributed by atoms with Crippen molar-refractivity contribution in [3.05, 3.63) is 22.6 Å². The van der Waals surface area contributed by atoms with Gasteiger partial charge in [-0.15, -0.1) is 0 Å². The van der Waals surface area contributed by atoms with Gasteiger partial charge in [-0.1, -0.05) is 6.92 Å². The molecule has 1 fully saturated rings. The average molecular weight is 274 g/mol. The van der Waals surface area contributed by atoms with Crippen molar-refractivity contribution in [1.82, 2.24) is 4.90 Å². The summed E-state index contributed by atoms with van der Waals surface area (Å²) in [6.07, 6.45) is 0. The van der Waals surface area contributed by atoms with Crippen molar-refractivity contribution in [3.8, 4) is 0 Å². The minimum absolute atomic E-state index is 0.603. The fraction of sp³-hybridized carbons (Fsp3) is 0.636. The van der Waals surface area contributed by atoms with Crippen LogP contribution in [-0.2, 0) is 11.3 Å². The Balaban J connectivity index is 1.92. The van der Waals surface area contributed by atoms with Gasteiger partial charge in [-0.3, -0.25) is 4.90 Å². The van der Waals surface area contributed by atoms with E-state index in [0.29, 0.717) is 5.92 Å². The largest absolute Gasteiger partial charge is 0.453 e. The molecule has 1 unspecified atom stereocenters. The zero-order valence-electron chi connectivity index (χ0n) is 8.91. The first-order chi connectivity index (χ1) is 7.24. The number of hydrogen-bond donors (Lipinski definition) is 0. The Labute approximate surface area is 98.5 Å². The van der Waals surface area contributed by atoms with Crippen molar-refractivity contribution < 1.29 is 9.15 Å². The van der Waals surface area contributed by atoms with Gasteiger partial charge in [0.2, 0.25) is 0 Å². The zero-order valence-corrected chi connectivity index (χ0v) is 10.5. The molecule has 0 radical (unpaired) electrons. The molecule has 1 saturated heterocycles. The molecule has 84 valence electrons. The summed E-state index contributed by atoms with van der Waals surface area (Å²) in [5, 5.41) is 0. The first-order valence-electron chi connectivity index (χ1n) is 5.28. The van der Waals surface area contributed by atoms with Gasteiger partial charge in [0.1, 0.15) is 5.76 Å². The standard InChI is InChI=1S/C11H16BrNO2/c1-9-6-13(4-5-14-8-9)7-10-2-3-11(12)15-10/h2-3,9H,4-8H2,1H3. The lowest BCUT2D eigenvalue weighted by Crippen LogP contribution is -2.28. The summed E-state index contributed by atoms with van der Waals surface area (Å²) in [4.78, 5) is 2.38. The lowest BCUT2D eigenvalue weighted by molar-refractivity contribution is 0.125. The maximum atomic E-state index is 5.50. The third kappa shape index (κ3) is 3.33. The number of rotatable bonds is 2. The lowest BCUT2D eigenvalue weighted by atomic mass is 10.2. The highest BCUT2D eigenvalue weighted by molar-refractivity contribution is 9.10. The van der Waals surface area contributed by atoms with E-state index < -0.39 is 0 Å². The van der Waals surface area contributed by atoms with Crippen LogP contribution < -0.4 is 0 Å². The second kappa shape index (κ2) is 5.14. The van der Waals surface area contributed by atoms with Crippen LogP contribution in [0, 0.1) is 5.92 Å². The second-order valence-electron chi connectivity index (χ2n) is 4.12. The molecule has 0 saturated carbocycles. The van der Waals surface area contributed by atoms with Crippen molar-refractivity contribution >= 4 is 15.9 Å². The molecular weight excluding hydrogens is 258 g/mol. The molecule has 1 aliphatic heterocycles. The Hall–Kier alpha value is -0.320. The third-order valence-electron chi connectivity index (χ3n) is 2.53. The molecule has 2 rings (SSSR count). The Kier molecular flexibility index (Phi) is 3.83. The average Bonchev–Trinajstić information content (AvgIpc) is 2.46. The molecule has 4 heteroatoms. The summed E-state index contributed by atoms with van der Waals surface area (Å²) < 4.78 is 11.8. The van der Waals surface area contributed by atoms with Gasteiger partial charge in [0, 0.05) is 13.1 Å². The van der Waals surface area contributed by atoms with E-state index >= 15 is 0 Å². The molecule has 15 heavy (non-hydrogen) atoms. The van der Waals surface area contributed by atoms with Gasteiger partial charge >= 0.3 is 0 Å². The quantitative estimate of drug-likeness (QED) is 0.828. The summed E-state index contributed by atoms with van der Waals surface area (Å²) in [7, 11) is 0. The summed E-state index contributed by atoms with van der Waals surface area (Å²) in [5.74, 6) is 1.61. The van der Waals surface area contributed by atoms with E-state index in [9.17, 15) is 0 Å². The van der Waals surface area contributed by atoms with E-state index in [2.05, 4.69) is 27.8 Å². The van der Waals surface area contributed by atoms with Crippen LogP contribution in [-0.4, -0.2) is 31.2 Å². The van der Waals surface area contributed by atoms with Gasteiger partial charge in [0.15, 0.2) is 4.67 Å². The van der Waals surface area contributed by atoms with E-state index in [4.69, 9.17) is 9.15 Å². The van der Waals surface area contributed by atoms with Crippen molar-refractivity contribution in [3.63, 3.8) is 0 Å². The highest BCUT2D eigenvalue weighted by atomic mass is 79.9. The number of nitrogens with zero attached hydrogens (tertiary/aromatic N) is 1. The monoisotopic (exact) mass is 273 g/mol. The molecule has 0 aliphatic carbocycles. The van der Waals surface area contributed by atoms with Crippen LogP contribution in [0.1, 0.15) is 12.7 Å². The summed E-state index contributed by atoms with van der Waals surface area (Å²) in [6.45, 7) is 6.86. The molecule has 2 heterocycles. The van der Waals surface area contributed by atoms with Crippen molar-refractivity contribution in [1.29, 1.82) is 0 Å². The number of furan rings is 1. The van der Waals surface area contributed by atoms with Crippen LogP contribution in [0.3, 0.4) is 0 Å². The topological polar surface area (TPSA) is 25.6 Å². The van der Waals surface area contributed by atoms with Gasteiger partial charge in [-0.25, -0.2) is 0 Å². The molecule has 0 spiro atoms. The maximum absolute atomic E-state index is 5.50. The highest BCUT2D eigenvalue weighted by Crippen LogP contribution is 2.17. The fourth-order valence-corrected chi connectivity index (χ4v) is 2.20. The van der Waals surface area contributed by atoms with E-state index in [1.165, 1.54) is 0 Å². The SMILES string of the molecule is CC1COCCN(Cc2ccc(Br)o2)C1. The van der Waals surface area contributed by atoms with Gasteiger partial charge in [0.25, 0.3) is 0 Å². The molecule has 3 nitrogen and oxygen atoms in total. The lowest BCUT2D eigenvalue weighted by Gasteiger charge is -2.19. The number of hydrogen-bond acceptors (Lipinski definition) is 3. The zero-order chi connectivity index (χ0) is 10.7. The minimum atomic E-state index is 0.603. The number of halogens is 1. The van der Waals surface area contributed by atoms with Crippen LogP contribution in [0.4, 0.5) is 0 Å². The van der Waals surface area contributed by atoms with E-state index in [-0.39, 0.29) is 0 Å².